The van der Waals surface area contributed by atoms with Gasteiger partial charge in [0, 0.05) is 10.8 Å². The van der Waals surface area contributed by atoms with Crippen LogP contribution in [0, 0.1) is 6.92 Å². The van der Waals surface area contributed by atoms with E-state index in [1.807, 2.05) is 18.2 Å². The lowest BCUT2D eigenvalue weighted by Crippen LogP contribution is -1.83. The number of rotatable bonds is 1. The molecule has 0 amide bonds. The average molecular weight is 258 g/mol. The van der Waals surface area contributed by atoms with Gasteiger partial charge in [0.15, 0.2) is 0 Å². The highest BCUT2D eigenvalue weighted by atomic mass is 16.3. The molecule has 0 saturated heterocycles. The molecule has 0 bridgehead atoms. The van der Waals surface area contributed by atoms with Crippen molar-refractivity contribution in [2.24, 2.45) is 0 Å². The van der Waals surface area contributed by atoms with Gasteiger partial charge in [0.1, 0.15) is 11.2 Å². The second kappa shape index (κ2) is 4.24. The van der Waals surface area contributed by atoms with Crippen LogP contribution in [0.5, 0.6) is 0 Å². The molecule has 20 heavy (non-hydrogen) atoms. The Hall–Kier alpha value is -2.54. The summed E-state index contributed by atoms with van der Waals surface area (Å²) in [5.41, 5.74) is 5.69. The first-order valence-electron chi connectivity index (χ1n) is 6.81. The van der Waals surface area contributed by atoms with Crippen LogP contribution < -0.4 is 0 Å². The third-order valence-electron chi connectivity index (χ3n) is 3.84. The van der Waals surface area contributed by atoms with E-state index in [2.05, 4.69) is 55.5 Å². The number of furan rings is 1. The van der Waals surface area contributed by atoms with E-state index in [0.717, 1.165) is 11.2 Å². The van der Waals surface area contributed by atoms with Gasteiger partial charge in [0.25, 0.3) is 0 Å². The molecule has 4 aromatic rings. The molecule has 1 aromatic heterocycles. The topological polar surface area (TPSA) is 13.1 Å². The SMILES string of the molecule is Cc1ccccc1-c1cccc2oc3ccccc3c12. The van der Waals surface area contributed by atoms with Gasteiger partial charge in [-0.25, -0.2) is 0 Å². The number of hydrogen-bond acceptors (Lipinski definition) is 1. The van der Waals surface area contributed by atoms with E-state index < -0.39 is 0 Å². The lowest BCUT2D eigenvalue weighted by Gasteiger charge is -2.07. The van der Waals surface area contributed by atoms with Crippen molar-refractivity contribution in [2.75, 3.05) is 0 Å². The Morgan fingerprint density at radius 2 is 1.35 bits per heavy atom. The van der Waals surface area contributed by atoms with Crippen molar-refractivity contribution in [1.29, 1.82) is 0 Å². The Bertz CT molecular complexity index is 915. The molecule has 0 saturated carbocycles. The highest BCUT2D eigenvalue weighted by Crippen LogP contribution is 2.37. The van der Waals surface area contributed by atoms with Crippen molar-refractivity contribution < 1.29 is 4.42 Å². The molecule has 96 valence electrons. The summed E-state index contributed by atoms with van der Waals surface area (Å²) in [4.78, 5) is 0. The molecule has 0 aliphatic carbocycles. The first-order valence-corrected chi connectivity index (χ1v) is 6.81. The zero-order chi connectivity index (χ0) is 13.5. The van der Waals surface area contributed by atoms with E-state index in [1.54, 1.807) is 0 Å². The van der Waals surface area contributed by atoms with Crippen molar-refractivity contribution in [1.82, 2.24) is 0 Å². The van der Waals surface area contributed by atoms with Crippen LogP contribution in [-0.4, -0.2) is 0 Å². The highest BCUT2D eigenvalue weighted by molar-refractivity contribution is 6.12. The summed E-state index contributed by atoms with van der Waals surface area (Å²) in [6.45, 7) is 2.15. The van der Waals surface area contributed by atoms with Crippen molar-refractivity contribution in [3.05, 3.63) is 72.3 Å². The Kier molecular flexibility index (Phi) is 2.40. The van der Waals surface area contributed by atoms with Crippen LogP contribution in [-0.2, 0) is 0 Å². The van der Waals surface area contributed by atoms with Crippen LogP contribution in [0.2, 0.25) is 0 Å². The first-order chi connectivity index (χ1) is 9.84. The van der Waals surface area contributed by atoms with E-state index in [4.69, 9.17) is 4.42 Å². The summed E-state index contributed by atoms with van der Waals surface area (Å²) in [5, 5.41) is 2.39. The Morgan fingerprint density at radius 3 is 2.25 bits per heavy atom. The van der Waals surface area contributed by atoms with Gasteiger partial charge in [-0.3, -0.25) is 0 Å². The molecule has 0 radical (unpaired) electrons. The third-order valence-corrected chi connectivity index (χ3v) is 3.84. The van der Waals surface area contributed by atoms with Crippen LogP contribution in [0.3, 0.4) is 0 Å². The fourth-order valence-electron chi connectivity index (χ4n) is 2.87. The molecule has 0 fully saturated rings. The van der Waals surface area contributed by atoms with Gasteiger partial charge in [-0.1, -0.05) is 54.6 Å². The first kappa shape index (κ1) is 11.3. The standard InChI is InChI=1S/C19H14O/c1-13-7-2-3-8-14(13)15-10-6-12-18-19(15)16-9-4-5-11-17(16)20-18/h2-12H,1H3. The number of hydrogen-bond donors (Lipinski definition) is 0. The van der Waals surface area contributed by atoms with E-state index in [9.17, 15) is 0 Å². The maximum atomic E-state index is 5.95. The third kappa shape index (κ3) is 1.56. The fourth-order valence-corrected chi connectivity index (χ4v) is 2.87. The van der Waals surface area contributed by atoms with Crippen LogP contribution in [0.4, 0.5) is 0 Å². The molecular formula is C19H14O. The van der Waals surface area contributed by atoms with E-state index in [0.29, 0.717) is 0 Å². The van der Waals surface area contributed by atoms with Gasteiger partial charge in [0.2, 0.25) is 0 Å². The molecule has 0 unspecified atom stereocenters. The number of para-hydroxylation sites is 1. The number of fused-ring (bicyclic) bond motifs is 3. The van der Waals surface area contributed by atoms with E-state index in [-0.39, 0.29) is 0 Å². The zero-order valence-corrected chi connectivity index (χ0v) is 11.3. The molecule has 0 aliphatic rings. The summed E-state index contributed by atoms with van der Waals surface area (Å²) in [7, 11) is 0. The van der Waals surface area contributed by atoms with Gasteiger partial charge in [-0.15, -0.1) is 0 Å². The predicted octanol–water partition coefficient (Wildman–Crippen LogP) is 5.56. The van der Waals surface area contributed by atoms with Crippen molar-refractivity contribution in [3.63, 3.8) is 0 Å². The number of benzene rings is 3. The summed E-state index contributed by atoms with van der Waals surface area (Å²) < 4.78 is 5.95. The lowest BCUT2D eigenvalue weighted by molar-refractivity contribution is 0.669. The van der Waals surface area contributed by atoms with Gasteiger partial charge in [-0.2, -0.15) is 0 Å². The van der Waals surface area contributed by atoms with Crippen LogP contribution >= 0.6 is 0 Å². The monoisotopic (exact) mass is 258 g/mol. The van der Waals surface area contributed by atoms with Crippen LogP contribution in [0.1, 0.15) is 5.56 Å². The van der Waals surface area contributed by atoms with Crippen molar-refractivity contribution in [2.45, 2.75) is 6.92 Å². The predicted molar refractivity (Wildman–Crippen MR) is 83.9 cm³/mol. The maximum absolute atomic E-state index is 5.95. The summed E-state index contributed by atoms with van der Waals surface area (Å²) >= 11 is 0. The van der Waals surface area contributed by atoms with Gasteiger partial charge in [0.05, 0.1) is 0 Å². The molecule has 1 heterocycles. The van der Waals surface area contributed by atoms with E-state index >= 15 is 0 Å². The second-order valence-electron chi connectivity index (χ2n) is 5.09. The molecule has 3 aromatic carbocycles. The van der Waals surface area contributed by atoms with Gasteiger partial charge in [-0.05, 0) is 35.7 Å². The van der Waals surface area contributed by atoms with Gasteiger partial charge >= 0.3 is 0 Å². The second-order valence-corrected chi connectivity index (χ2v) is 5.09. The quantitative estimate of drug-likeness (QED) is 0.435. The zero-order valence-electron chi connectivity index (χ0n) is 11.3. The lowest BCUT2D eigenvalue weighted by atomic mass is 9.96. The molecule has 0 aliphatic heterocycles. The van der Waals surface area contributed by atoms with E-state index in [1.165, 1.54) is 27.5 Å². The summed E-state index contributed by atoms with van der Waals surface area (Å²) in [6.07, 6.45) is 0. The molecule has 0 spiro atoms. The molecule has 0 N–H and O–H groups in total. The van der Waals surface area contributed by atoms with Crippen molar-refractivity contribution in [3.8, 4) is 11.1 Å². The summed E-state index contributed by atoms with van der Waals surface area (Å²) in [6, 6.07) is 23.0. The Balaban J connectivity index is 2.17. The molecule has 1 heteroatoms. The minimum absolute atomic E-state index is 0.948. The minimum atomic E-state index is 0.948. The Labute approximate surface area is 117 Å². The Morgan fingerprint density at radius 1 is 0.650 bits per heavy atom. The number of aryl methyl sites for hydroxylation is 1. The van der Waals surface area contributed by atoms with Crippen LogP contribution in [0.25, 0.3) is 33.1 Å². The molecule has 0 atom stereocenters. The highest BCUT2D eigenvalue weighted by Gasteiger charge is 2.12. The fraction of sp³-hybridized carbons (Fsp3) is 0.0526. The summed E-state index contributed by atoms with van der Waals surface area (Å²) in [5.74, 6) is 0. The molecule has 4 rings (SSSR count). The smallest absolute Gasteiger partial charge is 0.136 e. The minimum Gasteiger partial charge on any atom is -0.456 e. The molecular weight excluding hydrogens is 244 g/mol. The van der Waals surface area contributed by atoms with Crippen LogP contribution in [0.15, 0.2) is 71.1 Å². The maximum Gasteiger partial charge on any atom is 0.136 e. The average Bonchev–Trinajstić information content (AvgIpc) is 2.86. The van der Waals surface area contributed by atoms with Gasteiger partial charge < -0.3 is 4.42 Å². The largest absolute Gasteiger partial charge is 0.456 e. The van der Waals surface area contributed by atoms with Crippen molar-refractivity contribution >= 4 is 21.9 Å². The molecule has 1 nitrogen and oxygen atoms in total. The normalized spacial score (nSPS) is 11.2.